The first-order valence-electron chi connectivity index (χ1n) is 8.09. The van der Waals surface area contributed by atoms with E-state index in [1.807, 2.05) is 19.4 Å². The van der Waals surface area contributed by atoms with Crippen LogP contribution >= 0.6 is 11.3 Å². The van der Waals surface area contributed by atoms with E-state index in [1.165, 1.54) is 12.8 Å². The van der Waals surface area contributed by atoms with E-state index in [0.29, 0.717) is 19.1 Å². The Balaban J connectivity index is 1.72. The van der Waals surface area contributed by atoms with Crippen molar-refractivity contribution in [1.82, 2.24) is 20.1 Å². The number of likely N-dealkylation sites (tertiary alicyclic amines) is 1. The van der Waals surface area contributed by atoms with Crippen LogP contribution < -0.4 is 5.32 Å². The largest absolute Gasteiger partial charge is 0.336 e. The summed E-state index contributed by atoms with van der Waals surface area (Å²) in [5.74, 6) is 0.839. The number of nitrogens with zero attached hydrogens (tertiary/aromatic N) is 3. The van der Waals surface area contributed by atoms with Gasteiger partial charge in [-0.3, -0.25) is 4.90 Å². The Morgan fingerprint density at radius 3 is 2.82 bits per heavy atom. The zero-order chi connectivity index (χ0) is 16.1. The third-order valence-electron chi connectivity index (χ3n) is 4.40. The summed E-state index contributed by atoms with van der Waals surface area (Å²) < 4.78 is 0. The second-order valence-corrected chi connectivity index (χ2v) is 7.53. The molecule has 1 aromatic rings. The van der Waals surface area contributed by atoms with Gasteiger partial charge in [0.2, 0.25) is 0 Å². The van der Waals surface area contributed by atoms with Gasteiger partial charge in [0.15, 0.2) is 0 Å². The molecule has 1 fully saturated rings. The molecule has 0 radical (unpaired) electrons. The third-order valence-corrected chi connectivity index (χ3v) is 5.23. The van der Waals surface area contributed by atoms with Crippen LogP contribution in [0.1, 0.15) is 37.4 Å². The number of thiazole rings is 1. The predicted molar refractivity (Wildman–Crippen MR) is 91.1 cm³/mol. The average molecular weight is 324 g/mol. The van der Waals surface area contributed by atoms with Crippen molar-refractivity contribution in [3.05, 3.63) is 16.1 Å². The zero-order valence-corrected chi connectivity index (χ0v) is 14.9. The number of hydrogen-bond acceptors (Lipinski definition) is 4. The summed E-state index contributed by atoms with van der Waals surface area (Å²) in [6.45, 7) is 10.0. The van der Waals surface area contributed by atoms with Gasteiger partial charge in [-0.05, 0) is 45.7 Å². The van der Waals surface area contributed by atoms with Crippen LogP contribution in [0, 0.1) is 12.8 Å². The maximum atomic E-state index is 12.2. The maximum absolute atomic E-state index is 12.2. The van der Waals surface area contributed by atoms with Crippen LogP contribution in [0.15, 0.2) is 5.38 Å². The van der Waals surface area contributed by atoms with Gasteiger partial charge < -0.3 is 10.2 Å². The van der Waals surface area contributed by atoms with E-state index in [-0.39, 0.29) is 6.03 Å². The number of rotatable bonds is 5. The molecule has 1 aliphatic rings. The summed E-state index contributed by atoms with van der Waals surface area (Å²) in [7, 11) is 1.82. The lowest BCUT2D eigenvalue weighted by molar-refractivity contribution is 0.142. The Morgan fingerprint density at radius 1 is 1.55 bits per heavy atom. The van der Waals surface area contributed by atoms with Gasteiger partial charge >= 0.3 is 6.03 Å². The van der Waals surface area contributed by atoms with Gasteiger partial charge in [0.05, 0.1) is 17.2 Å². The average Bonchev–Trinajstić information content (AvgIpc) is 2.90. The molecule has 2 rings (SSSR count). The van der Waals surface area contributed by atoms with Gasteiger partial charge in [0.1, 0.15) is 0 Å². The molecule has 2 amide bonds. The highest BCUT2D eigenvalue weighted by Crippen LogP contribution is 2.17. The molecule has 0 spiro atoms. The standard InChI is InChI=1S/C16H28N4OS/c1-12-5-7-20(8-6-12)13(2)9-17-16(21)19(4)10-15-11-22-14(3)18-15/h11-13H,5-10H2,1-4H3,(H,17,21). The van der Waals surface area contributed by atoms with E-state index in [1.54, 1.807) is 16.2 Å². The highest BCUT2D eigenvalue weighted by molar-refractivity contribution is 7.09. The molecule has 1 aliphatic heterocycles. The van der Waals surface area contributed by atoms with Gasteiger partial charge in [-0.1, -0.05) is 6.92 Å². The van der Waals surface area contributed by atoms with E-state index < -0.39 is 0 Å². The lowest BCUT2D eigenvalue weighted by atomic mass is 9.98. The number of urea groups is 1. The smallest absolute Gasteiger partial charge is 0.317 e. The molecule has 2 heterocycles. The zero-order valence-electron chi connectivity index (χ0n) is 14.1. The lowest BCUT2D eigenvalue weighted by Gasteiger charge is -2.35. The van der Waals surface area contributed by atoms with Crippen molar-refractivity contribution in [3.63, 3.8) is 0 Å². The summed E-state index contributed by atoms with van der Waals surface area (Å²) in [6.07, 6.45) is 2.53. The number of piperidine rings is 1. The molecule has 1 aromatic heterocycles. The summed E-state index contributed by atoms with van der Waals surface area (Å²) in [5.41, 5.74) is 0.957. The van der Waals surface area contributed by atoms with Crippen LogP contribution in [0.5, 0.6) is 0 Å². The quantitative estimate of drug-likeness (QED) is 0.906. The van der Waals surface area contributed by atoms with E-state index >= 15 is 0 Å². The van der Waals surface area contributed by atoms with Gasteiger partial charge in [-0.15, -0.1) is 11.3 Å². The molecule has 5 nitrogen and oxygen atoms in total. The highest BCUT2D eigenvalue weighted by atomic mass is 32.1. The first kappa shape index (κ1) is 17.2. The molecule has 1 N–H and O–H groups in total. The normalized spacial score (nSPS) is 18.2. The topological polar surface area (TPSA) is 48.5 Å². The van der Waals surface area contributed by atoms with Crippen molar-refractivity contribution in [1.29, 1.82) is 0 Å². The summed E-state index contributed by atoms with van der Waals surface area (Å²) >= 11 is 1.62. The Hall–Kier alpha value is -1.14. The van der Waals surface area contributed by atoms with Crippen molar-refractivity contribution in [2.75, 3.05) is 26.7 Å². The van der Waals surface area contributed by atoms with E-state index in [2.05, 4.69) is 29.0 Å². The molecule has 6 heteroatoms. The first-order valence-corrected chi connectivity index (χ1v) is 8.97. The number of amides is 2. The van der Waals surface area contributed by atoms with Crippen LogP contribution in [0.4, 0.5) is 4.79 Å². The minimum atomic E-state index is -0.0251. The number of aryl methyl sites for hydroxylation is 1. The van der Waals surface area contributed by atoms with Crippen LogP contribution in [-0.4, -0.2) is 53.5 Å². The number of nitrogens with one attached hydrogen (secondary N) is 1. The monoisotopic (exact) mass is 324 g/mol. The number of carbonyl (C=O) groups excluding carboxylic acids is 1. The number of carbonyl (C=O) groups is 1. The molecular formula is C16H28N4OS. The molecule has 0 saturated carbocycles. The number of hydrogen-bond donors (Lipinski definition) is 1. The second-order valence-electron chi connectivity index (χ2n) is 6.47. The first-order chi connectivity index (χ1) is 10.5. The van der Waals surface area contributed by atoms with E-state index in [0.717, 1.165) is 29.7 Å². The van der Waals surface area contributed by atoms with Crippen LogP contribution in [-0.2, 0) is 6.54 Å². The fourth-order valence-corrected chi connectivity index (χ4v) is 3.37. The van der Waals surface area contributed by atoms with E-state index in [4.69, 9.17) is 0 Å². The van der Waals surface area contributed by atoms with Gasteiger partial charge in [0.25, 0.3) is 0 Å². The Bertz CT molecular complexity index is 482. The number of aromatic nitrogens is 1. The Labute approximate surface area is 137 Å². The fourth-order valence-electron chi connectivity index (χ4n) is 2.76. The minimum Gasteiger partial charge on any atom is -0.336 e. The van der Waals surface area contributed by atoms with Gasteiger partial charge in [-0.25, -0.2) is 9.78 Å². The summed E-state index contributed by atoms with van der Waals surface area (Å²) in [6, 6.07) is 0.370. The van der Waals surface area contributed by atoms with Crippen molar-refractivity contribution in [3.8, 4) is 0 Å². The summed E-state index contributed by atoms with van der Waals surface area (Å²) in [4.78, 5) is 20.7. The second kappa shape index (κ2) is 7.92. The predicted octanol–water partition coefficient (Wildman–Crippen LogP) is 2.71. The van der Waals surface area contributed by atoms with Crippen LogP contribution in [0.25, 0.3) is 0 Å². The maximum Gasteiger partial charge on any atom is 0.317 e. The van der Waals surface area contributed by atoms with Crippen molar-refractivity contribution < 1.29 is 4.79 Å². The molecule has 0 aromatic carbocycles. The van der Waals surface area contributed by atoms with Crippen LogP contribution in [0.3, 0.4) is 0 Å². The Kier molecular flexibility index (Phi) is 6.20. The fraction of sp³-hybridized carbons (Fsp3) is 0.750. The highest BCUT2D eigenvalue weighted by Gasteiger charge is 2.21. The molecule has 1 saturated heterocycles. The molecule has 124 valence electrons. The molecule has 1 atom stereocenters. The van der Waals surface area contributed by atoms with Crippen molar-refractivity contribution >= 4 is 17.4 Å². The summed E-state index contributed by atoms with van der Waals surface area (Å²) in [5, 5.41) is 6.09. The van der Waals surface area contributed by atoms with Crippen molar-refractivity contribution in [2.24, 2.45) is 5.92 Å². The van der Waals surface area contributed by atoms with Gasteiger partial charge in [0, 0.05) is 25.0 Å². The molecule has 0 aliphatic carbocycles. The lowest BCUT2D eigenvalue weighted by Crippen LogP contribution is -2.47. The molecular weight excluding hydrogens is 296 g/mol. The minimum absolute atomic E-state index is 0.0251. The molecule has 0 bridgehead atoms. The van der Waals surface area contributed by atoms with E-state index in [9.17, 15) is 4.79 Å². The molecule has 22 heavy (non-hydrogen) atoms. The SMILES string of the molecule is Cc1nc(CN(C)C(=O)NCC(C)N2CCC(C)CC2)cs1. The van der Waals surface area contributed by atoms with Gasteiger partial charge in [-0.2, -0.15) is 0 Å². The Morgan fingerprint density at radius 2 is 2.23 bits per heavy atom. The van der Waals surface area contributed by atoms with Crippen molar-refractivity contribution in [2.45, 2.75) is 46.2 Å². The molecule has 1 unspecified atom stereocenters. The third kappa shape index (κ3) is 4.95. The van der Waals surface area contributed by atoms with Crippen LogP contribution in [0.2, 0.25) is 0 Å².